The molecule has 33 heavy (non-hydrogen) atoms. The molecule has 1 aliphatic rings. The zero-order valence-electron chi connectivity index (χ0n) is 18.7. The van der Waals surface area contributed by atoms with Crippen LogP contribution in [0.3, 0.4) is 0 Å². The summed E-state index contributed by atoms with van der Waals surface area (Å²) in [5.74, 6) is -1.56. The number of aromatic nitrogens is 3. The number of nitrogens with zero attached hydrogens (tertiary/aromatic N) is 4. The maximum atomic E-state index is 13.0. The van der Waals surface area contributed by atoms with Gasteiger partial charge in [-0.25, -0.2) is 17.9 Å². The van der Waals surface area contributed by atoms with E-state index in [4.69, 9.17) is 0 Å². The van der Waals surface area contributed by atoms with E-state index in [2.05, 4.69) is 20.9 Å². The highest BCUT2D eigenvalue weighted by atomic mass is 32.2. The minimum Gasteiger partial charge on any atom is -0.273 e. The molecular weight excluding hydrogens is 444 g/mol. The van der Waals surface area contributed by atoms with Crippen molar-refractivity contribution >= 4 is 27.5 Å². The van der Waals surface area contributed by atoms with Gasteiger partial charge in [0.15, 0.2) is 5.65 Å². The Morgan fingerprint density at radius 1 is 1.09 bits per heavy atom. The first-order valence-corrected chi connectivity index (χ1v) is 12.1. The van der Waals surface area contributed by atoms with E-state index in [0.29, 0.717) is 25.0 Å². The SMILES string of the molecule is Cc1ccc(S(=O)(=O)N2CCC[C@@H](C(=O)NNC(=O)c3cnn4c(C)cc(C)nc34)C2)cc1. The molecule has 11 heteroatoms. The monoisotopic (exact) mass is 470 g/mol. The summed E-state index contributed by atoms with van der Waals surface area (Å²) in [4.78, 5) is 29.9. The van der Waals surface area contributed by atoms with Gasteiger partial charge in [-0.2, -0.15) is 9.40 Å². The van der Waals surface area contributed by atoms with Crippen molar-refractivity contribution in [2.45, 2.75) is 38.5 Å². The van der Waals surface area contributed by atoms with E-state index in [-0.39, 0.29) is 17.0 Å². The highest BCUT2D eigenvalue weighted by Crippen LogP contribution is 2.24. The van der Waals surface area contributed by atoms with Gasteiger partial charge in [0.05, 0.1) is 17.0 Å². The lowest BCUT2D eigenvalue weighted by Gasteiger charge is -2.31. The third-order valence-corrected chi connectivity index (χ3v) is 7.61. The van der Waals surface area contributed by atoms with Crippen molar-refractivity contribution in [2.75, 3.05) is 13.1 Å². The van der Waals surface area contributed by atoms with Crippen LogP contribution in [0.4, 0.5) is 0 Å². The molecule has 4 rings (SSSR count). The van der Waals surface area contributed by atoms with Crippen molar-refractivity contribution in [3.63, 3.8) is 0 Å². The fourth-order valence-electron chi connectivity index (χ4n) is 3.95. The van der Waals surface area contributed by atoms with Gasteiger partial charge in [0.1, 0.15) is 5.56 Å². The Kier molecular flexibility index (Phi) is 6.17. The molecule has 1 aliphatic heterocycles. The molecule has 1 atom stereocenters. The quantitative estimate of drug-likeness (QED) is 0.557. The predicted octanol–water partition coefficient (Wildman–Crippen LogP) is 1.52. The average molecular weight is 471 g/mol. The molecule has 174 valence electrons. The number of rotatable bonds is 4. The molecule has 2 aromatic heterocycles. The minimum atomic E-state index is -3.70. The molecule has 0 aliphatic carbocycles. The smallest absolute Gasteiger partial charge is 0.273 e. The van der Waals surface area contributed by atoms with Crippen LogP contribution < -0.4 is 10.9 Å². The zero-order chi connectivity index (χ0) is 23.8. The number of nitrogens with one attached hydrogen (secondary N) is 2. The van der Waals surface area contributed by atoms with E-state index in [9.17, 15) is 18.0 Å². The Bertz CT molecular complexity index is 1320. The number of hydrogen-bond acceptors (Lipinski definition) is 6. The van der Waals surface area contributed by atoms with Crippen LogP contribution in [-0.4, -0.2) is 52.2 Å². The molecule has 0 radical (unpaired) electrons. The van der Waals surface area contributed by atoms with Gasteiger partial charge >= 0.3 is 0 Å². The summed E-state index contributed by atoms with van der Waals surface area (Å²) in [5, 5.41) is 4.18. The lowest BCUT2D eigenvalue weighted by atomic mass is 9.99. The molecule has 0 spiro atoms. The molecule has 2 N–H and O–H groups in total. The highest BCUT2D eigenvalue weighted by molar-refractivity contribution is 7.89. The molecule has 0 unspecified atom stereocenters. The van der Waals surface area contributed by atoms with Crippen molar-refractivity contribution < 1.29 is 18.0 Å². The van der Waals surface area contributed by atoms with Crippen LogP contribution in [0.2, 0.25) is 0 Å². The number of carbonyl (C=O) groups is 2. The second kappa shape index (κ2) is 8.91. The molecule has 0 saturated carbocycles. The molecule has 3 heterocycles. The average Bonchev–Trinajstić information content (AvgIpc) is 3.22. The van der Waals surface area contributed by atoms with Gasteiger partial charge < -0.3 is 0 Å². The zero-order valence-corrected chi connectivity index (χ0v) is 19.5. The van der Waals surface area contributed by atoms with Crippen molar-refractivity contribution in [1.82, 2.24) is 29.8 Å². The van der Waals surface area contributed by atoms with Crippen LogP contribution in [-0.2, 0) is 14.8 Å². The van der Waals surface area contributed by atoms with Crippen LogP contribution in [0.5, 0.6) is 0 Å². The summed E-state index contributed by atoms with van der Waals surface area (Å²) >= 11 is 0. The van der Waals surface area contributed by atoms with E-state index in [0.717, 1.165) is 17.0 Å². The van der Waals surface area contributed by atoms with Crippen LogP contribution >= 0.6 is 0 Å². The van der Waals surface area contributed by atoms with Crippen LogP contribution in [0.15, 0.2) is 41.4 Å². The normalized spacial score (nSPS) is 17.1. The number of carbonyl (C=O) groups excluding carboxylic acids is 2. The molecule has 2 amide bonds. The van der Waals surface area contributed by atoms with E-state index < -0.39 is 27.8 Å². The number of benzene rings is 1. The van der Waals surface area contributed by atoms with Gasteiger partial charge in [-0.3, -0.25) is 20.4 Å². The van der Waals surface area contributed by atoms with Gasteiger partial charge in [-0.15, -0.1) is 0 Å². The number of sulfonamides is 1. The van der Waals surface area contributed by atoms with Crippen LogP contribution in [0.1, 0.15) is 40.2 Å². The third kappa shape index (κ3) is 4.60. The standard InChI is InChI=1S/C22H26N6O4S/c1-14-6-8-18(9-7-14)33(31,32)27-10-4-5-17(13-27)21(29)25-26-22(30)19-12-23-28-16(3)11-15(2)24-20(19)28/h6-9,11-12,17H,4-5,10,13H2,1-3H3,(H,25,29)(H,26,30)/t17-/m1/s1. The van der Waals surface area contributed by atoms with Crippen molar-refractivity contribution in [1.29, 1.82) is 0 Å². The Morgan fingerprint density at radius 2 is 1.82 bits per heavy atom. The lowest BCUT2D eigenvalue weighted by molar-refractivity contribution is -0.126. The first-order valence-electron chi connectivity index (χ1n) is 10.7. The number of hydrogen-bond donors (Lipinski definition) is 2. The van der Waals surface area contributed by atoms with E-state index in [1.54, 1.807) is 28.8 Å². The van der Waals surface area contributed by atoms with Crippen molar-refractivity contribution in [2.24, 2.45) is 5.92 Å². The topological polar surface area (TPSA) is 126 Å². The summed E-state index contributed by atoms with van der Waals surface area (Å²) < 4.78 is 28.8. The molecule has 1 aromatic carbocycles. The van der Waals surface area contributed by atoms with Gasteiger partial charge in [-0.1, -0.05) is 17.7 Å². The number of amides is 2. The van der Waals surface area contributed by atoms with Crippen molar-refractivity contribution in [3.05, 3.63) is 59.0 Å². The summed E-state index contributed by atoms with van der Waals surface area (Å²) in [5.41, 5.74) is 8.00. The number of hydrazine groups is 1. The highest BCUT2D eigenvalue weighted by Gasteiger charge is 2.33. The number of aryl methyl sites for hydroxylation is 3. The summed E-state index contributed by atoms with van der Waals surface area (Å²) in [6.07, 6.45) is 2.47. The van der Waals surface area contributed by atoms with Crippen LogP contribution in [0.25, 0.3) is 5.65 Å². The molecule has 1 saturated heterocycles. The molecular formula is C22H26N6O4S. The maximum absolute atomic E-state index is 13.0. The molecule has 0 bridgehead atoms. The third-order valence-electron chi connectivity index (χ3n) is 5.74. The predicted molar refractivity (Wildman–Crippen MR) is 121 cm³/mol. The lowest BCUT2D eigenvalue weighted by Crippen LogP contribution is -2.50. The van der Waals surface area contributed by atoms with Gasteiger partial charge in [0.25, 0.3) is 5.91 Å². The minimum absolute atomic E-state index is 0.0502. The first-order chi connectivity index (χ1) is 15.7. The van der Waals surface area contributed by atoms with E-state index in [1.807, 2.05) is 26.8 Å². The Labute approximate surface area is 192 Å². The molecule has 3 aromatic rings. The van der Waals surface area contributed by atoms with E-state index in [1.165, 1.54) is 10.5 Å². The van der Waals surface area contributed by atoms with Gasteiger partial charge in [-0.05, 0) is 51.8 Å². The fraction of sp³-hybridized carbons (Fsp3) is 0.364. The fourth-order valence-corrected chi connectivity index (χ4v) is 5.48. The second-order valence-electron chi connectivity index (χ2n) is 8.29. The first kappa shape index (κ1) is 22.9. The maximum Gasteiger partial charge on any atom is 0.275 e. The van der Waals surface area contributed by atoms with Crippen molar-refractivity contribution in [3.8, 4) is 0 Å². The Morgan fingerprint density at radius 3 is 2.55 bits per heavy atom. The summed E-state index contributed by atoms with van der Waals surface area (Å²) in [7, 11) is -3.70. The number of piperidine rings is 1. The van der Waals surface area contributed by atoms with Gasteiger partial charge in [0, 0.05) is 24.5 Å². The molecule has 1 fully saturated rings. The summed E-state index contributed by atoms with van der Waals surface area (Å²) in [6, 6.07) is 8.48. The second-order valence-corrected chi connectivity index (χ2v) is 10.2. The Balaban J connectivity index is 1.42. The van der Waals surface area contributed by atoms with Gasteiger partial charge in [0.2, 0.25) is 15.9 Å². The molecule has 10 nitrogen and oxygen atoms in total. The van der Waals surface area contributed by atoms with Crippen LogP contribution in [0, 0.1) is 26.7 Å². The summed E-state index contributed by atoms with van der Waals surface area (Å²) in [6.45, 7) is 5.96. The Hall–Kier alpha value is -3.31. The van der Waals surface area contributed by atoms with E-state index >= 15 is 0 Å². The number of fused-ring (bicyclic) bond motifs is 1. The largest absolute Gasteiger partial charge is 0.275 e.